The van der Waals surface area contributed by atoms with Gasteiger partial charge in [-0.2, -0.15) is 0 Å². The fourth-order valence-corrected chi connectivity index (χ4v) is 1.96. The van der Waals surface area contributed by atoms with Gasteiger partial charge in [0, 0.05) is 13.1 Å². The molecule has 15 heavy (non-hydrogen) atoms. The highest BCUT2D eigenvalue weighted by Gasteiger charge is 2.06. The average molecular weight is 227 g/mol. The monoisotopic (exact) mass is 227 g/mol. The van der Waals surface area contributed by atoms with Gasteiger partial charge in [0.25, 0.3) is 0 Å². The van der Waals surface area contributed by atoms with Crippen LogP contribution in [-0.2, 0) is 17.7 Å². The minimum absolute atomic E-state index is 0.609. The SMILES string of the molecule is CCN(CCCc1ccccc1)S(=O)O. The first-order valence-electron chi connectivity index (χ1n) is 5.14. The maximum absolute atomic E-state index is 10.8. The molecule has 1 rings (SSSR count). The Hall–Kier alpha value is -0.710. The topological polar surface area (TPSA) is 40.5 Å². The summed E-state index contributed by atoms with van der Waals surface area (Å²) in [6.45, 7) is 3.16. The van der Waals surface area contributed by atoms with Crippen LogP contribution in [0.1, 0.15) is 18.9 Å². The quantitative estimate of drug-likeness (QED) is 0.756. The lowest BCUT2D eigenvalue weighted by Crippen LogP contribution is -2.26. The van der Waals surface area contributed by atoms with Crippen molar-refractivity contribution in [3.05, 3.63) is 35.9 Å². The van der Waals surface area contributed by atoms with E-state index in [4.69, 9.17) is 4.55 Å². The van der Waals surface area contributed by atoms with Gasteiger partial charge in [-0.15, -0.1) is 0 Å². The first kappa shape index (κ1) is 12.4. The van der Waals surface area contributed by atoms with E-state index in [1.54, 1.807) is 4.31 Å². The molecule has 1 N–H and O–H groups in total. The summed E-state index contributed by atoms with van der Waals surface area (Å²) in [7, 11) is 0. The van der Waals surface area contributed by atoms with Crippen LogP contribution in [0, 0.1) is 0 Å². The van der Waals surface area contributed by atoms with E-state index in [0.29, 0.717) is 13.1 Å². The number of hydrogen-bond donors (Lipinski definition) is 1. The van der Waals surface area contributed by atoms with Crippen molar-refractivity contribution in [3.63, 3.8) is 0 Å². The van der Waals surface area contributed by atoms with E-state index >= 15 is 0 Å². The Bertz CT molecular complexity index is 303. The molecule has 1 aromatic carbocycles. The predicted octanol–water partition coefficient (Wildman–Crippen LogP) is 2.08. The molecule has 0 aliphatic rings. The van der Waals surface area contributed by atoms with E-state index in [0.717, 1.165) is 12.8 Å². The first-order chi connectivity index (χ1) is 7.24. The largest absolute Gasteiger partial charge is 0.294 e. The van der Waals surface area contributed by atoms with Crippen molar-refractivity contribution >= 4 is 11.3 Å². The Morgan fingerprint density at radius 2 is 2.00 bits per heavy atom. The van der Waals surface area contributed by atoms with Gasteiger partial charge in [0.05, 0.1) is 0 Å². The van der Waals surface area contributed by atoms with Crippen LogP contribution in [0.15, 0.2) is 30.3 Å². The van der Waals surface area contributed by atoms with Gasteiger partial charge in [0.1, 0.15) is 0 Å². The maximum Gasteiger partial charge on any atom is 0.234 e. The number of nitrogens with zero attached hydrogens (tertiary/aromatic N) is 1. The number of rotatable bonds is 6. The van der Waals surface area contributed by atoms with Gasteiger partial charge in [-0.05, 0) is 18.4 Å². The molecule has 1 unspecified atom stereocenters. The van der Waals surface area contributed by atoms with Crippen LogP contribution in [0.3, 0.4) is 0 Å². The summed E-state index contributed by atoms with van der Waals surface area (Å²) in [6, 6.07) is 10.2. The summed E-state index contributed by atoms with van der Waals surface area (Å²) in [6.07, 6.45) is 1.86. The van der Waals surface area contributed by atoms with E-state index < -0.39 is 11.3 Å². The van der Waals surface area contributed by atoms with Gasteiger partial charge in [0.15, 0.2) is 0 Å². The van der Waals surface area contributed by atoms with Crippen LogP contribution >= 0.6 is 0 Å². The summed E-state index contributed by atoms with van der Waals surface area (Å²) >= 11 is -1.83. The Morgan fingerprint density at radius 3 is 2.53 bits per heavy atom. The molecule has 0 heterocycles. The van der Waals surface area contributed by atoms with Crippen molar-refractivity contribution in [2.24, 2.45) is 0 Å². The lowest BCUT2D eigenvalue weighted by atomic mass is 10.1. The van der Waals surface area contributed by atoms with Gasteiger partial charge < -0.3 is 0 Å². The minimum atomic E-state index is -1.83. The van der Waals surface area contributed by atoms with Gasteiger partial charge in [0.2, 0.25) is 11.3 Å². The second-order valence-corrected chi connectivity index (χ2v) is 4.32. The molecule has 0 amide bonds. The fraction of sp³-hybridized carbons (Fsp3) is 0.455. The summed E-state index contributed by atoms with van der Waals surface area (Å²) in [5, 5.41) is 0. The molecule has 4 heteroatoms. The average Bonchev–Trinajstić information content (AvgIpc) is 2.25. The zero-order valence-corrected chi connectivity index (χ0v) is 9.74. The predicted molar refractivity (Wildman–Crippen MR) is 62.8 cm³/mol. The van der Waals surface area contributed by atoms with Crippen molar-refractivity contribution in [2.75, 3.05) is 13.1 Å². The highest BCUT2D eigenvalue weighted by atomic mass is 32.2. The van der Waals surface area contributed by atoms with E-state index in [1.165, 1.54) is 5.56 Å². The molecule has 0 aliphatic heterocycles. The summed E-state index contributed by atoms with van der Waals surface area (Å²) in [5.41, 5.74) is 1.28. The highest BCUT2D eigenvalue weighted by Crippen LogP contribution is 2.04. The zero-order valence-electron chi connectivity index (χ0n) is 8.93. The van der Waals surface area contributed by atoms with Gasteiger partial charge >= 0.3 is 0 Å². The van der Waals surface area contributed by atoms with Crippen LogP contribution in [0.25, 0.3) is 0 Å². The summed E-state index contributed by atoms with van der Waals surface area (Å²) < 4.78 is 21.3. The molecule has 1 aromatic rings. The third-order valence-electron chi connectivity index (χ3n) is 2.29. The van der Waals surface area contributed by atoms with Crippen molar-refractivity contribution < 1.29 is 8.76 Å². The molecule has 3 nitrogen and oxygen atoms in total. The highest BCUT2D eigenvalue weighted by molar-refractivity contribution is 7.76. The van der Waals surface area contributed by atoms with E-state index in [9.17, 15) is 4.21 Å². The Labute approximate surface area is 93.5 Å². The Balaban J connectivity index is 2.30. The molecule has 0 radical (unpaired) electrons. The molecule has 84 valence electrons. The summed E-state index contributed by atoms with van der Waals surface area (Å²) in [5.74, 6) is 0. The molecule has 0 spiro atoms. The van der Waals surface area contributed by atoms with Crippen molar-refractivity contribution in [1.29, 1.82) is 0 Å². The van der Waals surface area contributed by atoms with Crippen LogP contribution in [0.5, 0.6) is 0 Å². The molecule has 0 aliphatic carbocycles. The third-order valence-corrected chi connectivity index (χ3v) is 3.17. The zero-order chi connectivity index (χ0) is 11.1. The van der Waals surface area contributed by atoms with Crippen LogP contribution in [-0.4, -0.2) is 26.2 Å². The number of aryl methyl sites for hydroxylation is 1. The van der Waals surface area contributed by atoms with E-state index in [-0.39, 0.29) is 0 Å². The number of hydrogen-bond acceptors (Lipinski definition) is 1. The molecular weight excluding hydrogens is 210 g/mol. The maximum atomic E-state index is 10.8. The van der Waals surface area contributed by atoms with Gasteiger partial charge in [-0.1, -0.05) is 37.3 Å². The van der Waals surface area contributed by atoms with Crippen LogP contribution in [0.4, 0.5) is 0 Å². The molecular formula is C11H17NO2S. The molecule has 1 atom stereocenters. The summed E-state index contributed by atoms with van der Waals surface area (Å²) in [4.78, 5) is 0. The molecule has 0 aromatic heterocycles. The Morgan fingerprint density at radius 1 is 1.33 bits per heavy atom. The van der Waals surface area contributed by atoms with E-state index in [1.807, 2.05) is 25.1 Å². The smallest absolute Gasteiger partial charge is 0.234 e. The molecule has 0 saturated carbocycles. The van der Waals surface area contributed by atoms with Crippen molar-refractivity contribution in [1.82, 2.24) is 4.31 Å². The molecule has 0 saturated heterocycles. The Kier molecular flexibility index (Phi) is 5.53. The van der Waals surface area contributed by atoms with Gasteiger partial charge in [-0.25, -0.2) is 8.51 Å². The van der Waals surface area contributed by atoms with Gasteiger partial charge in [-0.3, -0.25) is 4.55 Å². The van der Waals surface area contributed by atoms with E-state index in [2.05, 4.69) is 12.1 Å². The lowest BCUT2D eigenvalue weighted by molar-refractivity contribution is 0.405. The van der Waals surface area contributed by atoms with Crippen molar-refractivity contribution in [2.45, 2.75) is 19.8 Å². The fourth-order valence-electron chi connectivity index (χ4n) is 1.45. The molecule has 0 bridgehead atoms. The van der Waals surface area contributed by atoms with Crippen LogP contribution in [0.2, 0.25) is 0 Å². The number of benzene rings is 1. The second kappa shape index (κ2) is 6.71. The first-order valence-corrected chi connectivity index (χ1v) is 6.20. The standard InChI is InChI=1S/C11H17NO2S/c1-2-12(15(13)14)10-6-9-11-7-4-3-5-8-11/h3-5,7-8H,2,6,9-10H2,1H3,(H,13,14). The second-order valence-electron chi connectivity index (χ2n) is 3.34. The van der Waals surface area contributed by atoms with Crippen LogP contribution < -0.4 is 0 Å². The molecule has 0 fully saturated rings. The van der Waals surface area contributed by atoms with Crippen molar-refractivity contribution in [3.8, 4) is 0 Å². The third kappa shape index (κ3) is 4.55. The normalized spacial score (nSPS) is 13.0. The minimum Gasteiger partial charge on any atom is -0.294 e. The lowest BCUT2D eigenvalue weighted by Gasteiger charge is -2.14.